The van der Waals surface area contributed by atoms with Gasteiger partial charge >= 0.3 is 0 Å². The third kappa shape index (κ3) is 2.94. The van der Waals surface area contributed by atoms with Gasteiger partial charge in [0.2, 0.25) is 0 Å². The molecule has 0 spiro atoms. The van der Waals surface area contributed by atoms with E-state index in [0.29, 0.717) is 11.7 Å². The number of piperidine rings is 1. The van der Waals surface area contributed by atoms with E-state index in [1.165, 1.54) is 31.4 Å². The lowest BCUT2D eigenvalue weighted by molar-refractivity contribution is 0.0368. The van der Waals surface area contributed by atoms with Gasteiger partial charge in [0, 0.05) is 25.7 Å². The number of aryl methyl sites for hydroxylation is 1. The van der Waals surface area contributed by atoms with Crippen LogP contribution in [-0.4, -0.2) is 62.9 Å². The highest BCUT2D eigenvalue weighted by Gasteiger charge is 2.32. The first-order valence-electron chi connectivity index (χ1n) is 8.73. The second-order valence-corrected chi connectivity index (χ2v) is 6.82. The van der Waals surface area contributed by atoms with Crippen LogP contribution in [0.15, 0.2) is 30.5 Å². The lowest BCUT2D eigenvalue weighted by atomic mass is 9.99. The van der Waals surface area contributed by atoms with Gasteiger partial charge in [-0.25, -0.2) is 4.68 Å². The number of amides is 1. The predicted octanol–water partition coefficient (Wildman–Crippen LogP) is 1.89. The van der Waals surface area contributed by atoms with Gasteiger partial charge in [-0.05, 0) is 38.4 Å². The molecule has 0 bridgehead atoms. The van der Waals surface area contributed by atoms with Gasteiger partial charge in [0.25, 0.3) is 5.91 Å². The molecule has 0 saturated carbocycles. The van der Waals surface area contributed by atoms with Crippen molar-refractivity contribution in [2.75, 3.05) is 26.2 Å². The molecule has 0 N–H and O–H groups in total. The number of piperazine rings is 1. The molecule has 3 heterocycles. The van der Waals surface area contributed by atoms with E-state index in [9.17, 15) is 4.79 Å². The summed E-state index contributed by atoms with van der Waals surface area (Å²) in [6, 6.07) is 8.54. The SMILES string of the molecule is Cc1ccc(-n2cc(C(=O)N3CCN4CCCCC4C3)nn2)cc1. The van der Waals surface area contributed by atoms with Crippen molar-refractivity contribution in [3.05, 3.63) is 41.7 Å². The fourth-order valence-corrected chi connectivity index (χ4v) is 3.69. The smallest absolute Gasteiger partial charge is 0.276 e. The normalized spacial score (nSPS) is 21.5. The molecule has 2 aliphatic rings. The van der Waals surface area contributed by atoms with Crippen molar-refractivity contribution in [2.45, 2.75) is 32.2 Å². The molecule has 6 heteroatoms. The molecular formula is C18H23N5O. The Morgan fingerprint density at radius 1 is 1.12 bits per heavy atom. The van der Waals surface area contributed by atoms with Gasteiger partial charge in [0.1, 0.15) is 0 Å². The van der Waals surface area contributed by atoms with Crippen LogP contribution in [0.2, 0.25) is 0 Å². The van der Waals surface area contributed by atoms with Crippen LogP contribution >= 0.6 is 0 Å². The molecule has 2 saturated heterocycles. The van der Waals surface area contributed by atoms with E-state index in [0.717, 1.165) is 25.3 Å². The number of nitrogens with zero attached hydrogens (tertiary/aromatic N) is 5. The summed E-state index contributed by atoms with van der Waals surface area (Å²) in [6.45, 7) is 5.80. The van der Waals surface area contributed by atoms with Crippen LogP contribution in [0.25, 0.3) is 5.69 Å². The van der Waals surface area contributed by atoms with Gasteiger partial charge in [0.05, 0.1) is 11.9 Å². The Bertz CT molecular complexity index is 723. The van der Waals surface area contributed by atoms with Crippen LogP contribution in [0.5, 0.6) is 0 Å². The van der Waals surface area contributed by atoms with E-state index in [2.05, 4.69) is 15.2 Å². The molecule has 1 atom stereocenters. The van der Waals surface area contributed by atoms with E-state index in [4.69, 9.17) is 0 Å². The molecule has 24 heavy (non-hydrogen) atoms. The minimum absolute atomic E-state index is 0.00131. The summed E-state index contributed by atoms with van der Waals surface area (Å²) in [4.78, 5) is 17.2. The summed E-state index contributed by atoms with van der Waals surface area (Å²) in [5.74, 6) is -0.00131. The molecule has 2 fully saturated rings. The van der Waals surface area contributed by atoms with E-state index in [1.807, 2.05) is 36.1 Å². The molecule has 0 aliphatic carbocycles. The summed E-state index contributed by atoms with van der Waals surface area (Å²) < 4.78 is 1.67. The Morgan fingerprint density at radius 3 is 2.79 bits per heavy atom. The zero-order valence-electron chi connectivity index (χ0n) is 14.1. The highest BCUT2D eigenvalue weighted by atomic mass is 16.2. The highest BCUT2D eigenvalue weighted by Crippen LogP contribution is 2.22. The van der Waals surface area contributed by atoms with Crippen molar-refractivity contribution in [1.82, 2.24) is 24.8 Å². The van der Waals surface area contributed by atoms with Crippen LogP contribution in [0.4, 0.5) is 0 Å². The monoisotopic (exact) mass is 325 g/mol. The summed E-state index contributed by atoms with van der Waals surface area (Å²) in [6.07, 6.45) is 5.49. The largest absolute Gasteiger partial charge is 0.334 e. The Hall–Kier alpha value is -2.21. The fraction of sp³-hybridized carbons (Fsp3) is 0.500. The van der Waals surface area contributed by atoms with Crippen molar-refractivity contribution in [3.8, 4) is 5.69 Å². The maximum absolute atomic E-state index is 12.8. The van der Waals surface area contributed by atoms with Crippen LogP contribution in [0, 0.1) is 6.92 Å². The minimum atomic E-state index is -0.00131. The Morgan fingerprint density at radius 2 is 1.96 bits per heavy atom. The maximum Gasteiger partial charge on any atom is 0.276 e. The van der Waals surface area contributed by atoms with Crippen LogP contribution < -0.4 is 0 Å². The zero-order valence-corrected chi connectivity index (χ0v) is 14.1. The second kappa shape index (κ2) is 6.36. The number of carbonyl (C=O) groups is 1. The molecule has 4 rings (SSSR count). The van der Waals surface area contributed by atoms with Crippen molar-refractivity contribution in [3.63, 3.8) is 0 Å². The van der Waals surface area contributed by atoms with Gasteiger partial charge in [-0.1, -0.05) is 29.3 Å². The Balaban J connectivity index is 1.48. The minimum Gasteiger partial charge on any atom is -0.334 e. The number of hydrogen-bond acceptors (Lipinski definition) is 4. The fourth-order valence-electron chi connectivity index (χ4n) is 3.69. The topological polar surface area (TPSA) is 54.3 Å². The molecule has 1 aromatic heterocycles. The van der Waals surface area contributed by atoms with Gasteiger partial charge < -0.3 is 4.90 Å². The van der Waals surface area contributed by atoms with Crippen LogP contribution in [-0.2, 0) is 0 Å². The Labute approximate surface area is 142 Å². The third-order valence-electron chi connectivity index (χ3n) is 5.14. The zero-order chi connectivity index (χ0) is 16.5. The summed E-state index contributed by atoms with van der Waals surface area (Å²) in [5.41, 5.74) is 2.55. The number of hydrogen-bond donors (Lipinski definition) is 0. The average Bonchev–Trinajstić information content (AvgIpc) is 3.11. The predicted molar refractivity (Wildman–Crippen MR) is 91.2 cm³/mol. The van der Waals surface area contributed by atoms with Gasteiger partial charge in [-0.3, -0.25) is 9.69 Å². The molecular weight excluding hydrogens is 302 g/mol. The average molecular weight is 325 g/mol. The van der Waals surface area contributed by atoms with Gasteiger partial charge in [-0.2, -0.15) is 0 Å². The number of carbonyl (C=O) groups excluding carboxylic acids is 1. The third-order valence-corrected chi connectivity index (χ3v) is 5.14. The molecule has 2 aliphatic heterocycles. The van der Waals surface area contributed by atoms with E-state index >= 15 is 0 Å². The molecule has 1 unspecified atom stereocenters. The van der Waals surface area contributed by atoms with Crippen LogP contribution in [0.3, 0.4) is 0 Å². The highest BCUT2D eigenvalue weighted by molar-refractivity contribution is 5.92. The first-order chi connectivity index (χ1) is 11.7. The number of fused-ring (bicyclic) bond motifs is 1. The quantitative estimate of drug-likeness (QED) is 0.846. The van der Waals surface area contributed by atoms with Crippen molar-refractivity contribution in [2.24, 2.45) is 0 Å². The maximum atomic E-state index is 12.8. The lowest BCUT2D eigenvalue weighted by Crippen LogP contribution is -2.56. The first-order valence-corrected chi connectivity index (χ1v) is 8.73. The van der Waals surface area contributed by atoms with E-state index in [-0.39, 0.29) is 5.91 Å². The standard InChI is InChI=1S/C18H23N5O/c1-14-5-7-15(8-6-14)23-13-17(19-20-23)18(24)22-11-10-21-9-3-2-4-16(21)12-22/h5-8,13,16H,2-4,9-12H2,1H3. The van der Waals surface area contributed by atoms with Crippen molar-refractivity contribution in [1.29, 1.82) is 0 Å². The number of rotatable bonds is 2. The molecule has 1 aromatic carbocycles. The van der Waals surface area contributed by atoms with Crippen molar-refractivity contribution >= 4 is 5.91 Å². The number of aromatic nitrogens is 3. The van der Waals surface area contributed by atoms with E-state index < -0.39 is 0 Å². The van der Waals surface area contributed by atoms with E-state index in [1.54, 1.807) is 10.9 Å². The first kappa shape index (κ1) is 15.3. The molecule has 2 aromatic rings. The number of benzene rings is 1. The summed E-state index contributed by atoms with van der Waals surface area (Å²) in [5, 5.41) is 8.22. The summed E-state index contributed by atoms with van der Waals surface area (Å²) in [7, 11) is 0. The Kier molecular flexibility index (Phi) is 4.06. The molecule has 126 valence electrons. The van der Waals surface area contributed by atoms with Gasteiger partial charge in [0.15, 0.2) is 5.69 Å². The van der Waals surface area contributed by atoms with Gasteiger partial charge in [-0.15, -0.1) is 5.10 Å². The van der Waals surface area contributed by atoms with Crippen molar-refractivity contribution < 1.29 is 4.79 Å². The molecule has 1 amide bonds. The lowest BCUT2D eigenvalue weighted by Gasteiger charge is -2.43. The second-order valence-electron chi connectivity index (χ2n) is 6.82. The van der Waals surface area contributed by atoms with Crippen LogP contribution in [0.1, 0.15) is 35.3 Å². The summed E-state index contributed by atoms with van der Waals surface area (Å²) >= 11 is 0. The molecule has 6 nitrogen and oxygen atoms in total. The molecule has 0 radical (unpaired) electrons.